The molecule has 2 amide bonds. The van der Waals surface area contributed by atoms with E-state index in [9.17, 15) is 14.7 Å². The van der Waals surface area contributed by atoms with E-state index >= 15 is 4.39 Å². The molecule has 0 aromatic heterocycles. The highest BCUT2D eigenvalue weighted by Gasteiger charge is 2.66. The smallest absolute Gasteiger partial charge is 0.264 e. The summed E-state index contributed by atoms with van der Waals surface area (Å²) in [7, 11) is 0. The molecule has 220 valence electrons. The van der Waals surface area contributed by atoms with E-state index in [2.05, 4.69) is 22.6 Å². The van der Waals surface area contributed by atoms with Crippen LogP contribution in [0.3, 0.4) is 0 Å². The highest BCUT2D eigenvalue weighted by atomic mass is 127. The molecule has 0 saturated carbocycles. The molecule has 3 aliphatic heterocycles. The third kappa shape index (κ3) is 4.85. The largest absolute Gasteiger partial charge is 0.394 e. The second-order valence-corrected chi connectivity index (χ2v) is 13.6. The standard InChI is InChI=1S/C34H36FIN2O4/c1-21-31(33(2,3)35)29(17-30(40)37-19-24-9-5-4-8-23(24)16-26(37)20-39)42-34(21)27-10-6-7-11-28(27)38(32(34)41)18-22-12-14-25(36)15-13-22/h4-15,21,26,29,31,39H,16-20H2,1-3H3/t21-,26-,29+,31-,34+/m0/s1. The number of ether oxygens (including phenoxy) is 1. The van der Waals surface area contributed by atoms with Gasteiger partial charge in [0.2, 0.25) is 5.91 Å². The highest BCUT2D eigenvalue weighted by molar-refractivity contribution is 14.1. The zero-order chi connectivity index (χ0) is 29.8. The molecule has 6 nitrogen and oxygen atoms in total. The van der Waals surface area contributed by atoms with E-state index in [4.69, 9.17) is 4.74 Å². The van der Waals surface area contributed by atoms with Gasteiger partial charge in [0, 0.05) is 27.5 Å². The van der Waals surface area contributed by atoms with Crippen LogP contribution in [0.1, 0.15) is 49.4 Å². The number of carbonyl (C=O) groups excluding carboxylic acids is 2. The van der Waals surface area contributed by atoms with E-state index in [1.807, 2.05) is 79.7 Å². The van der Waals surface area contributed by atoms with Crippen LogP contribution in [0.25, 0.3) is 0 Å². The summed E-state index contributed by atoms with van der Waals surface area (Å²) in [5, 5.41) is 10.2. The number of halogens is 2. The Morgan fingerprint density at radius 3 is 2.43 bits per heavy atom. The van der Waals surface area contributed by atoms with E-state index in [0.29, 0.717) is 19.5 Å². The number of aliphatic hydroxyl groups is 1. The number of alkyl halides is 1. The molecule has 8 heteroatoms. The number of aliphatic hydroxyl groups excluding tert-OH is 1. The first-order valence-corrected chi connectivity index (χ1v) is 15.6. The molecule has 6 rings (SSSR count). The predicted molar refractivity (Wildman–Crippen MR) is 167 cm³/mol. The number of rotatable bonds is 6. The van der Waals surface area contributed by atoms with Gasteiger partial charge in [-0.3, -0.25) is 9.59 Å². The molecule has 42 heavy (non-hydrogen) atoms. The first-order chi connectivity index (χ1) is 20.0. The zero-order valence-electron chi connectivity index (χ0n) is 24.1. The average molecular weight is 683 g/mol. The van der Waals surface area contributed by atoms with Crippen molar-refractivity contribution in [1.29, 1.82) is 0 Å². The van der Waals surface area contributed by atoms with Gasteiger partial charge in [0.15, 0.2) is 5.60 Å². The Hall–Kier alpha value is -2.82. The molecule has 3 aliphatic rings. The van der Waals surface area contributed by atoms with Gasteiger partial charge in [0.05, 0.1) is 37.4 Å². The van der Waals surface area contributed by atoms with Gasteiger partial charge < -0.3 is 19.6 Å². The average Bonchev–Trinajstić information content (AvgIpc) is 3.39. The summed E-state index contributed by atoms with van der Waals surface area (Å²) in [5.74, 6) is -1.66. The second kappa shape index (κ2) is 11.0. The van der Waals surface area contributed by atoms with Crippen LogP contribution in [0, 0.1) is 15.4 Å². The molecular weight excluding hydrogens is 646 g/mol. The fourth-order valence-electron chi connectivity index (χ4n) is 7.46. The maximum Gasteiger partial charge on any atom is 0.264 e. The van der Waals surface area contributed by atoms with Crippen molar-refractivity contribution >= 4 is 40.1 Å². The number of para-hydroxylation sites is 1. The number of carbonyl (C=O) groups is 2. The molecule has 0 aliphatic carbocycles. The molecule has 3 aromatic carbocycles. The fourth-order valence-corrected chi connectivity index (χ4v) is 7.82. The molecular formula is C34H36FIN2O4. The summed E-state index contributed by atoms with van der Waals surface area (Å²) in [4.78, 5) is 31.8. The Balaban J connectivity index is 1.33. The summed E-state index contributed by atoms with van der Waals surface area (Å²) < 4.78 is 23.9. The van der Waals surface area contributed by atoms with Gasteiger partial charge in [0.1, 0.15) is 5.67 Å². The lowest BCUT2D eigenvalue weighted by molar-refractivity contribution is -0.151. The van der Waals surface area contributed by atoms with Crippen molar-refractivity contribution < 1.29 is 23.8 Å². The maximum absolute atomic E-state index is 16.1. The van der Waals surface area contributed by atoms with E-state index in [1.165, 1.54) is 13.8 Å². The molecule has 1 N–H and O–H groups in total. The monoisotopic (exact) mass is 682 g/mol. The van der Waals surface area contributed by atoms with Gasteiger partial charge in [-0.2, -0.15) is 0 Å². The van der Waals surface area contributed by atoms with Crippen molar-refractivity contribution in [1.82, 2.24) is 4.90 Å². The number of amides is 2. The van der Waals surface area contributed by atoms with E-state index in [-0.39, 0.29) is 30.9 Å². The second-order valence-electron chi connectivity index (χ2n) is 12.3. The summed E-state index contributed by atoms with van der Waals surface area (Å²) in [6.07, 6.45) is -0.337. The lowest BCUT2D eigenvalue weighted by Crippen LogP contribution is -2.48. The van der Waals surface area contributed by atoms with E-state index in [1.54, 1.807) is 9.80 Å². The summed E-state index contributed by atoms with van der Waals surface area (Å²) in [5.41, 5.74) is 1.51. The molecule has 3 aromatic rings. The Kier molecular flexibility index (Phi) is 7.68. The first-order valence-electron chi connectivity index (χ1n) is 14.5. The van der Waals surface area contributed by atoms with Crippen LogP contribution >= 0.6 is 22.6 Å². The van der Waals surface area contributed by atoms with Crippen molar-refractivity contribution in [2.45, 2.75) is 70.1 Å². The topological polar surface area (TPSA) is 70.1 Å². The molecule has 1 spiro atoms. The van der Waals surface area contributed by atoms with Crippen LogP contribution in [0.2, 0.25) is 0 Å². The zero-order valence-corrected chi connectivity index (χ0v) is 26.3. The minimum atomic E-state index is -1.71. The summed E-state index contributed by atoms with van der Waals surface area (Å²) in [6, 6.07) is 23.2. The molecule has 3 heterocycles. The van der Waals surface area contributed by atoms with Gasteiger partial charge in [-0.25, -0.2) is 4.39 Å². The van der Waals surface area contributed by atoms with E-state index < -0.39 is 29.2 Å². The third-order valence-corrected chi connectivity index (χ3v) is 10.1. The van der Waals surface area contributed by atoms with Gasteiger partial charge in [-0.05, 0) is 77.7 Å². The number of hydrogen-bond acceptors (Lipinski definition) is 4. The highest BCUT2D eigenvalue weighted by Crippen LogP contribution is 2.58. The maximum atomic E-state index is 16.1. The summed E-state index contributed by atoms with van der Waals surface area (Å²) >= 11 is 2.25. The predicted octanol–water partition coefficient (Wildman–Crippen LogP) is 5.77. The lowest BCUT2D eigenvalue weighted by atomic mass is 9.71. The van der Waals surface area contributed by atoms with Crippen molar-refractivity contribution in [2.24, 2.45) is 11.8 Å². The van der Waals surface area contributed by atoms with Crippen LogP contribution in [0.5, 0.6) is 0 Å². The Morgan fingerprint density at radius 2 is 1.74 bits per heavy atom. The van der Waals surface area contributed by atoms with Crippen LogP contribution in [0.4, 0.5) is 10.1 Å². The van der Waals surface area contributed by atoms with Crippen LogP contribution in [-0.4, -0.2) is 46.2 Å². The third-order valence-electron chi connectivity index (χ3n) is 9.38. The Labute approximate surface area is 260 Å². The first kappa shape index (κ1) is 29.3. The van der Waals surface area contributed by atoms with Crippen molar-refractivity contribution in [2.75, 3.05) is 11.5 Å². The Morgan fingerprint density at radius 1 is 1.07 bits per heavy atom. The number of anilines is 1. The van der Waals surface area contributed by atoms with Gasteiger partial charge in [-0.15, -0.1) is 0 Å². The van der Waals surface area contributed by atoms with Crippen LogP contribution in [-0.2, 0) is 39.4 Å². The fraction of sp³-hybridized carbons (Fsp3) is 0.412. The molecule has 1 saturated heterocycles. The van der Waals surface area contributed by atoms with Crippen molar-refractivity contribution in [3.63, 3.8) is 0 Å². The van der Waals surface area contributed by atoms with Crippen LogP contribution in [0.15, 0.2) is 72.8 Å². The number of hydrogen-bond donors (Lipinski definition) is 1. The Bertz CT molecular complexity index is 1510. The van der Waals surface area contributed by atoms with Crippen LogP contribution < -0.4 is 4.90 Å². The SMILES string of the molecule is C[C@H]1[C@H](C(C)(C)F)[C@@H](CC(=O)N2Cc3ccccc3C[C@H]2CO)O[C@]12C(=O)N(Cc1ccc(I)cc1)c1ccccc12. The van der Waals surface area contributed by atoms with Gasteiger partial charge >= 0.3 is 0 Å². The minimum absolute atomic E-state index is 0.0741. The normalized spacial score (nSPS) is 27.0. The lowest BCUT2D eigenvalue weighted by Gasteiger charge is -2.37. The minimum Gasteiger partial charge on any atom is -0.394 e. The number of benzene rings is 3. The molecule has 0 bridgehead atoms. The van der Waals surface area contributed by atoms with Gasteiger partial charge in [0.25, 0.3) is 5.91 Å². The molecule has 0 radical (unpaired) electrons. The molecule has 0 unspecified atom stereocenters. The van der Waals surface area contributed by atoms with Crippen molar-refractivity contribution in [3.8, 4) is 0 Å². The summed E-state index contributed by atoms with van der Waals surface area (Å²) in [6.45, 7) is 5.48. The molecule has 1 fully saturated rings. The van der Waals surface area contributed by atoms with Crippen molar-refractivity contribution in [3.05, 3.63) is 98.6 Å². The number of nitrogens with zero attached hydrogens (tertiary/aromatic N) is 2. The quantitative estimate of drug-likeness (QED) is 0.336. The van der Waals surface area contributed by atoms with Gasteiger partial charge in [-0.1, -0.05) is 61.5 Å². The number of fused-ring (bicyclic) bond motifs is 3. The molecule has 5 atom stereocenters. The van der Waals surface area contributed by atoms with E-state index in [0.717, 1.165) is 31.5 Å².